The van der Waals surface area contributed by atoms with Crippen molar-refractivity contribution in [2.24, 2.45) is 0 Å². The van der Waals surface area contributed by atoms with Crippen LogP contribution in [-0.4, -0.2) is 22.6 Å². The molecule has 0 aliphatic heterocycles. The number of nitrogens with one attached hydrogen (secondary N) is 1. The number of hydrogen-bond donors (Lipinski definition) is 1. The zero-order valence-electron chi connectivity index (χ0n) is 9.38. The fraction of sp³-hybridized carbons (Fsp3) is 0.600. The van der Waals surface area contributed by atoms with E-state index in [1.807, 2.05) is 6.92 Å². The molecule has 1 heterocycles. The number of hydrogen-bond acceptors (Lipinski definition) is 4. The number of nitrogens with zero attached hydrogens (tertiary/aromatic N) is 2. The van der Waals surface area contributed by atoms with E-state index in [4.69, 9.17) is 4.74 Å². The van der Waals surface area contributed by atoms with Crippen LogP contribution in [0.5, 0.6) is 5.88 Å². The summed E-state index contributed by atoms with van der Waals surface area (Å²) < 4.78 is 5.06. The molecule has 14 heavy (non-hydrogen) atoms. The molecule has 0 bridgehead atoms. The first kappa shape index (κ1) is 10.8. The minimum absolute atomic E-state index is 0.00813. The van der Waals surface area contributed by atoms with Gasteiger partial charge in [-0.1, -0.05) is 0 Å². The van der Waals surface area contributed by atoms with Gasteiger partial charge in [-0.2, -0.15) is 4.98 Å². The van der Waals surface area contributed by atoms with Gasteiger partial charge in [0, 0.05) is 11.6 Å². The van der Waals surface area contributed by atoms with Crippen molar-refractivity contribution >= 4 is 5.82 Å². The molecule has 0 amide bonds. The molecule has 1 aromatic rings. The van der Waals surface area contributed by atoms with Crippen LogP contribution in [0.25, 0.3) is 0 Å². The van der Waals surface area contributed by atoms with E-state index in [0.29, 0.717) is 11.7 Å². The van der Waals surface area contributed by atoms with Gasteiger partial charge in [0.15, 0.2) is 0 Å². The minimum atomic E-state index is -0.00813. The summed E-state index contributed by atoms with van der Waals surface area (Å²) in [7, 11) is 1.60. The van der Waals surface area contributed by atoms with Crippen LogP contribution in [0, 0.1) is 6.92 Å². The Labute approximate surface area is 84.7 Å². The Bertz CT molecular complexity index is 318. The predicted molar refractivity (Wildman–Crippen MR) is 56.7 cm³/mol. The smallest absolute Gasteiger partial charge is 0.218 e. The molecule has 0 saturated carbocycles. The van der Waals surface area contributed by atoms with E-state index >= 15 is 0 Å². The van der Waals surface area contributed by atoms with Gasteiger partial charge in [-0.15, -0.1) is 0 Å². The normalized spacial score (nSPS) is 11.2. The average Bonchev–Trinajstić information content (AvgIpc) is 1.99. The Morgan fingerprint density at radius 3 is 2.43 bits per heavy atom. The van der Waals surface area contributed by atoms with Crippen LogP contribution < -0.4 is 10.1 Å². The van der Waals surface area contributed by atoms with Crippen molar-refractivity contribution in [1.82, 2.24) is 9.97 Å². The molecule has 0 aliphatic carbocycles. The van der Waals surface area contributed by atoms with Crippen LogP contribution in [-0.2, 0) is 0 Å². The van der Waals surface area contributed by atoms with Crippen LogP contribution in [0.3, 0.4) is 0 Å². The minimum Gasteiger partial charge on any atom is -0.481 e. The molecule has 0 aliphatic rings. The third-order valence-electron chi connectivity index (χ3n) is 1.53. The van der Waals surface area contributed by atoms with Gasteiger partial charge in [-0.3, -0.25) is 0 Å². The monoisotopic (exact) mass is 195 g/mol. The van der Waals surface area contributed by atoms with E-state index in [2.05, 4.69) is 36.1 Å². The molecule has 1 N–H and O–H groups in total. The van der Waals surface area contributed by atoms with E-state index in [1.165, 1.54) is 0 Å². The van der Waals surface area contributed by atoms with Gasteiger partial charge >= 0.3 is 0 Å². The highest BCUT2D eigenvalue weighted by Crippen LogP contribution is 2.16. The van der Waals surface area contributed by atoms with E-state index in [1.54, 1.807) is 13.2 Å². The molecule has 0 atom stereocenters. The SMILES string of the molecule is COc1cc(NC(C)(C)C)nc(C)n1. The quantitative estimate of drug-likeness (QED) is 0.784. The molecule has 4 heteroatoms. The van der Waals surface area contributed by atoms with Crippen molar-refractivity contribution in [2.45, 2.75) is 33.2 Å². The predicted octanol–water partition coefficient (Wildman–Crippen LogP) is 2.00. The van der Waals surface area contributed by atoms with Crippen molar-refractivity contribution in [2.75, 3.05) is 12.4 Å². The lowest BCUT2D eigenvalue weighted by molar-refractivity contribution is 0.395. The van der Waals surface area contributed by atoms with Crippen molar-refractivity contribution in [1.29, 1.82) is 0 Å². The summed E-state index contributed by atoms with van der Waals surface area (Å²) in [5, 5.41) is 3.27. The number of rotatable bonds is 2. The van der Waals surface area contributed by atoms with Crippen molar-refractivity contribution in [3.63, 3.8) is 0 Å². The van der Waals surface area contributed by atoms with E-state index < -0.39 is 0 Å². The highest BCUT2D eigenvalue weighted by Gasteiger charge is 2.11. The molecule has 1 aromatic heterocycles. The maximum Gasteiger partial charge on any atom is 0.218 e. The molecule has 0 saturated heterocycles. The van der Waals surface area contributed by atoms with Gasteiger partial charge in [0.2, 0.25) is 5.88 Å². The van der Waals surface area contributed by atoms with Crippen LogP contribution in [0.1, 0.15) is 26.6 Å². The third-order valence-corrected chi connectivity index (χ3v) is 1.53. The zero-order chi connectivity index (χ0) is 10.8. The molecule has 78 valence electrons. The highest BCUT2D eigenvalue weighted by molar-refractivity contribution is 5.40. The number of ether oxygens (including phenoxy) is 1. The zero-order valence-corrected chi connectivity index (χ0v) is 9.38. The van der Waals surface area contributed by atoms with Crippen LogP contribution in [0.15, 0.2) is 6.07 Å². The summed E-state index contributed by atoms with van der Waals surface area (Å²) >= 11 is 0. The van der Waals surface area contributed by atoms with Gasteiger partial charge in [-0.05, 0) is 27.7 Å². The second-order valence-corrected chi connectivity index (χ2v) is 4.22. The highest BCUT2D eigenvalue weighted by atomic mass is 16.5. The van der Waals surface area contributed by atoms with Gasteiger partial charge in [0.25, 0.3) is 0 Å². The summed E-state index contributed by atoms with van der Waals surface area (Å²) in [6.07, 6.45) is 0. The average molecular weight is 195 g/mol. The maximum absolute atomic E-state index is 5.06. The number of methoxy groups -OCH3 is 1. The molecule has 4 nitrogen and oxygen atoms in total. The van der Waals surface area contributed by atoms with E-state index in [-0.39, 0.29) is 5.54 Å². The topological polar surface area (TPSA) is 47.0 Å². The Kier molecular flexibility index (Phi) is 2.93. The third kappa shape index (κ3) is 3.20. The van der Waals surface area contributed by atoms with Crippen molar-refractivity contribution in [3.05, 3.63) is 11.9 Å². The number of aromatic nitrogens is 2. The second-order valence-electron chi connectivity index (χ2n) is 4.22. The lowest BCUT2D eigenvalue weighted by atomic mass is 10.1. The van der Waals surface area contributed by atoms with E-state index in [9.17, 15) is 0 Å². The molecule has 0 radical (unpaired) electrons. The first-order valence-electron chi connectivity index (χ1n) is 4.58. The molecule has 0 spiro atoms. The second kappa shape index (κ2) is 3.82. The number of anilines is 1. The molecule has 0 aromatic carbocycles. The summed E-state index contributed by atoms with van der Waals surface area (Å²) in [4.78, 5) is 8.37. The fourth-order valence-corrected chi connectivity index (χ4v) is 1.09. The first-order valence-corrected chi connectivity index (χ1v) is 4.58. The van der Waals surface area contributed by atoms with Crippen LogP contribution in [0.4, 0.5) is 5.82 Å². The Hall–Kier alpha value is -1.32. The van der Waals surface area contributed by atoms with Gasteiger partial charge in [-0.25, -0.2) is 4.98 Å². The molecule has 1 rings (SSSR count). The van der Waals surface area contributed by atoms with Gasteiger partial charge in [0.1, 0.15) is 11.6 Å². The first-order chi connectivity index (χ1) is 6.40. The Morgan fingerprint density at radius 1 is 1.29 bits per heavy atom. The van der Waals surface area contributed by atoms with E-state index in [0.717, 1.165) is 5.82 Å². The van der Waals surface area contributed by atoms with Crippen LogP contribution in [0.2, 0.25) is 0 Å². The van der Waals surface area contributed by atoms with Crippen molar-refractivity contribution < 1.29 is 4.74 Å². The largest absolute Gasteiger partial charge is 0.481 e. The standard InChI is InChI=1S/C10H17N3O/c1-7-11-8(13-10(2,3)4)6-9(12-7)14-5/h6H,1-5H3,(H,11,12,13). The molecular formula is C10H17N3O. The summed E-state index contributed by atoms with van der Waals surface area (Å²) in [6.45, 7) is 8.08. The summed E-state index contributed by atoms with van der Waals surface area (Å²) in [5.41, 5.74) is -0.00813. The Morgan fingerprint density at radius 2 is 1.93 bits per heavy atom. The fourth-order valence-electron chi connectivity index (χ4n) is 1.09. The molecular weight excluding hydrogens is 178 g/mol. The summed E-state index contributed by atoms with van der Waals surface area (Å²) in [5.74, 6) is 2.09. The number of aryl methyl sites for hydroxylation is 1. The lowest BCUT2D eigenvalue weighted by Crippen LogP contribution is -2.26. The summed E-state index contributed by atoms with van der Waals surface area (Å²) in [6, 6.07) is 1.79. The van der Waals surface area contributed by atoms with Gasteiger partial charge in [0.05, 0.1) is 7.11 Å². The maximum atomic E-state index is 5.06. The van der Waals surface area contributed by atoms with Gasteiger partial charge < -0.3 is 10.1 Å². The lowest BCUT2D eigenvalue weighted by Gasteiger charge is -2.21. The molecule has 0 fully saturated rings. The van der Waals surface area contributed by atoms with Crippen LogP contribution >= 0.6 is 0 Å². The molecule has 0 unspecified atom stereocenters. The Balaban J connectivity index is 2.92. The van der Waals surface area contributed by atoms with Crippen molar-refractivity contribution in [3.8, 4) is 5.88 Å².